The number of aliphatic imine (C=N–C) groups is 1. The summed E-state index contributed by atoms with van der Waals surface area (Å²) in [5.74, 6) is 0. The molecule has 0 aliphatic rings. The van der Waals surface area contributed by atoms with Gasteiger partial charge < -0.3 is 11.1 Å². The number of nitrogen functional groups attached to an aromatic ring is 1. The SMILES string of the molecule is CCNc1ccc(C(CC)=Nc2ccccc2C)cc1N. The summed E-state index contributed by atoms with van der Waals surface area (Å²) in [7, 11) is 0. The first-order valence-corrected chi connectivity index (χ1v) is 7.42. The monoisotopic (exact) mass is 281 g/mol. The van der Waals surface area contributed by atoms with Crippen molar-refractivity contribution in [2.45, 2.75) is 27.2 Å². The smallest absolute Gasteiger partial charge is 0.0662 e. The van der Waals surface area contributed by atoms with Gasteiger partial charge in [0.05, 0.1) is 17.1 Å². The first kappa shape index (κ1) is 15.1. The highest BCUT2D eigenvalue weighted by atomic mass is 14.9. The van der Waals surface area contributed by atoms with Crippen LogP contribution in [0.2, 0.25) is 0 Å². The maximum absolute atomic E-state index is 6.11. The Bertz CT molecular complexity index is 645. The van der Waals surface area contributed by atoms with Crippen LogP contribution in [0.4, 0.5) is 17.1 Å². The molecule has 0 spiro atoms. The molecule has 3 heteroatoms. The van der Waals surface area contributed by atoms with Gasteiger partial charge in [-0.15, -0.1) is 0 Å². The maximum atomic E-state index is 6.11. The van der Waals surface area contributed by atoms with Crippen LogP contribution in [0.15, 0.2) is 47.5 Å². The zero-order valence-corrected chi connectivity index (χ0v) is 13.0. The lowest BCUT2D eigenvalue weighted by atomic mass is 10.1. The first-order valence-electron chi connectivity index (χ1n) is 7.42. The molecule has 2 aromatic carbocycles. The van der Waals surface area contributed by atoms with E-state index < -0.39 is 0 Å². The fraction of sp³-hybridized carbons (Fsp3) is 0.278. The van der Waals surface area contributed by atoms with Gasteiger partial charge in [0.1, 0.15) is 0 Å². The Morgan fingerprint density at radius 1 is 1.14 bits per heavy atom. The highest BCUT2D eigenvalue weighted by Crippen LogP contribution is 2.23. The number of hydrogen-bond acceptors (Lipinski definition) is 3. The fourth-order valence-electron chi connectivity index (χ4n) is 2.28. The minimum atomic E-state index is 0.764. The number of nitrogens with two attached hydrogens (primary N) is 1. The van der Waals surface area contributed by atoms with Crippen molar-refractivity contribution in [1.82, 2.24) is 0 Å². The Labute approximate surface area is 126 Å². The van der Waals surface area contributed by atoms with Crippen molar-refractivity contribution < 1.29 is 0 Å². The molecule has 0 bridgehead atoms. The minimum Gasteiger partial charge on any atom is -0.397 e. The number of hydrogen-bond donors (Lipinski definition) is 2. The van der Waals surface area contributed by atoms with Gasteiger partial charge in [-0.25, -0.2) is 0 Å². The number of nitrogens with one attached hydrogen (secondary N) is 1. The number of nitrogens with zero attached hydrogens (tertiary/aromatic N) is 1. The number of anilines is 2. The van der Waals surface area contributed by atoms with Gasteiger partial charge in [-0.3, -0.25) is 4.99 Å². The van der Waals surface area contributed by atoms with Crippen LogP contribution in [-0.4, -0.2) is 12.3 Å². The molecule has 0 amide bonds. The zero-order chi connectivity index (χ0) is 15.2. The predicted octanol–water partition coefficient (Wildman–Crippen LogP) is 4.54. The van der Waals surface area contributed by atoms with E-state index in [4.69, 9.17) is 10.7 Å². The standard InChI is InChI=1S/C18H23N3/c1-4-16(21-17-9-7-6-8-13(17)3)14-10-11-18(20-5-2)15(19)12-14/h6-12,20H,4-5,19H2,1-3H3. The van der Waals surface area contributed by atoms with E-state index in [1.54, 1.807) is 0 Å². The Hall–Kier alpha value is -2.29. The molecule has 3 N–H and O–H groups in total. The van der Waals surface area contributed by atoms with E-state index in [1.165, 1.54) is 5.56 Å². The highest BCUT2D eigenvalue weighted by molar-refractivity contribution is 6.03. The fourth-order valence-corrected chi connectivity index (χ4v) is 2.28. The molecule has 0 radical (unpaired) electrons. The molecule has 110 valence electrons. The molecule has 0 saturated heterocycles. The van der Waals surface area contributed by atoms with Crippen LogP contribution < -0.4 is 11.1 Å². The first-order chi connectivity index (χ1) is 10.2. The number of benzene rings is 2. The van der Waals surface area contributed by atoms with Gasteiger partial charge in [-0.05, 0) is 49.6 Å². The summed E-state index contributed by atoms with van der Waals surface area (Å²) in [5, 5.41) is 3.25. The average Bonchev–Trinajstić information content (AvgIpc) is 2.49. The summed E-state index contributed by atoms with van der Waals surface area (Å²) in [4.78, 5) is 4.80. The molecule has 0 heterocycles. The molecule has 0 fully saturated rings. The number of rotatable bonds is 5. The van der Waals surface area contributed by atoms with Gasteiger partial charge in [0.15, 0.2) is 0 Å². The molecule has 0 aromatic heterocycles. The van der Waals surface area contributed by atoms with Crippen molar-refractivity contribution in [3.8, 4) is 0 Å². The Morgan fingerprint density at radius 2 is 1.90 bits per heavy atom. The third-order valence-electron chi connectivity index (χ3n) is 3.46. The quantitative estimate of drug-likeness (QED) is 0.624. The van der Waals surface area contributed by atoms with E-state index in [0.29, 0.717) is 0 Å². The van der Waals surface area contributed by atoms with Crippen LogP contribution in [0.5, 0.6) is 0 Å². The van der Waals surface area contributed by atoms with Crippen molar-refractivity contribution in [3.05, 3.63) is 53.6 Å². The molecule has 0 aliphatic carbocycles. The van der Waals surface area contributed by atoms with Crippen molar-refractivity contribution in [1.29, 1.82) is 0 Å². The van der Waals surface area contributed by atoms with E-state index in [-0.39, 0.29) is 0 Å². The third-order valence-corrected chi connectivity index (χ3v) is 3.46. The van der Waals surface area contributed by atoms with Gasteiger partial charge in [0, 0.05) is 12.3 Å². The summed E-state index contributed by atoms with van der Waals surface area (Å²) in [6.45, 7) is 7.12. The normalized spacial score (nSPS) is 11.5. The Morgan fingerprint density at radius 3 is 2.52 bits per heavy atom. The van der Waals surface area contributed by atoms with Gasteiger partial charge in [0.2, 0.25) is 0 Å². The lowest BCUT2D eigenvalue weighted by Crippen LogP contribution is -2.04. The van der Waals surface area contributed by atoms with Crippen LogP contribution in [0.1, 0.15) is 31.4 Å². The summed E-state index contributed by atoms with van der Waals surface area (Å²) >= 11 is 0. The molecule has 0 unspecified atom stereocenters. The lowest BCUT2D eigenvalue weighted by Gasteiger charge is -2.11. The summed E-state index contributed by atoms with van der Waals surface area (Å²) in [6.07, 6.45) is 0.869. The van der Waals surface area contributed by atoms with Crippen LogP contribution in [-0.2, 0) is 0 Å². The third kappa shape index (κ3) is 3.63. The molecule has 0 atom stereocenters. The van der Waals surface area contributed by atoms with E-state index in [9.17, 15) is 0 Å². The summed E-state index contributed by atoms with van der Waals surface area (Å²) < 4.78 is 0. The molecule has 0 saturated carbocycles. The summed E-state index contributed by atoms with van der Waals surface area (Å²) in [6, 6.07) is 14.3. The van der Waals surface area contributed by atoms with Crippen LogP contribution in [0.3, 0.4) is 0 Å². The van der Waals surface area contributed by atoms with Crippen LogP contribution in [0, 0.1) is 6.92 Å². The van der Waals surface area contributed by atoms with Crippen LogP contribution >= 0.6 is 0 Å². The van der Waals surface area contributed by atoms with Gasteiger partial charge in [-0.2, -0.15) is 0 Å². The second-order valence-corrected chi connectivity index (χ2v) is 5.03. The Kier molecular flexibility index (Phi) is 4.99. The van der Waals surface area contributed by atoms with Gasteiger partial charge in [-0.1, -0.05) is 31.2 Å². The molecule has 3 nitrogen and oxygen atoms in total. The molecule has 2 aromatic rings. The minimum absolute atomic E-state index is 0.764. The average molecular weight is 281 g/mol. The van der Waals surface area contributed by atoms with Crippen molar-refractivity contribution in [2.24, 2.45) is 4.99 Å². The van der Waals surface area contributed by atoms with E-state index in [1.807, 2.05) is 30.3 Å². The second kappa shape index (κ2) is 6.93. The van der Waals surface area contributed by atoms with E-state index >= 15 is 0 Å². The maximum Gasteiger partial charge on any atom is 0.0662 e. The molecule has 21 heavy (non-hydrogen) atoms. The van der Waals surface area contributed by atoms with Crippen LogP contribution in [0.25, 0.3) is 0 Å². The van der Waals surface area contributed by atoms with Crippen molar-refractivity contribution in [3.63, 3.8) is 0 Å². The van der Waals surface area contributed by atoms with Crippen molar-refractivity contribution >= 4 is 22.8 Å². The zero-order valence-electron chi connectivity index (χ0n) is 13.0. The molecular formula is C18H23N3. The molecular weight excluding hydrogens is 258 g/mol. The van der Waals surface area contributed by atoms with Crippen molar-refractivity contribution in [2.75, 3.05) is 17.6 Å². The van der Waals surface area contributed by atoms with E-state index in [2.05, 4.69) is 38.2 Å². The van der Waals surface area contributed by atoms with Gasteiger partial charge in [0.25, 0.3) is 0 Å². The topological polar surface area (TPSA) is 50.4 Å². The highest BCUT2D eigenvalue weighted by Gasteiger charge is 2.06. The predicted molar refractivity (Wildman–Crippen MR) is 92.7 cm³/mol. The second-order valence-electron chi connectivity index (χ2n) is 5.03. The summed E-state index contributed by atoms with van der Waals surface area (Å²) in [5.41, 5.74) is 12.2. The number of aryl methyl sites for hydroxylation is 1. The van der Waals surface area contributed by atoms with Gasteiger partial charge >= 0.3 is 0 Å². The lowest BCUT2D eigenvalue weighted by molar-refractivity contribution is 1.21. The molecule has 2 rings (SSSR count). The molecule has 0 aliphatic heterocycles. The largest absolute Gasteiger partial charge is 0.397 e. The van der Waals surface area contributed by atoms with E-state index in [0.717, 1.165) is 41.3 Å². The number of para-hydroxylation sites is 1. The Balaban J connectivity index is 2.38.